The van der Waals surface area contributed by atoms with Gasteiger partial charge in [-0.1, -0.05) is 0 Å². The van der Waals surface area contributed by atoms with Gasteiger partial charge in [0, 0.05) is 26.1 Å². The molecule has 1 rings (SSSR count). The molecule has 3 heteroatoms. The predicted octanol–water partition coefficient (Wildman–Crippen LogP) is -0.434. The third-order valence-corrected chi connectivity index (χ3v) is 1.70. The molecule has 1 aliphatic heterocycles. The summed E-state index contributed by atoms with van der Waals surface area (Å²) in [5, 5.41) is 0. The van der Waals surface area contributed by atoms with Gasteiger partial charge < -0.3 is 10.6 Å². The standard InChI is InChI=1S/C6H12N2O/c1-8-3-2-5(7)4-6(8)9/h5H,2-4,7H2,1H3. The van der Waals surface area contributed by atoms with Crippen molar-refractivity contribution in [2.75, 3.05) is 13.6 Å². The second-order valence-electron chi connectivity index (χ2n) is 2.57. The largest absolute Gasteiger partial charge is 0.346 e. The number of nitrogens with two attached hydrogens (primary N) is 1. The zero-order valence-corrected chi connectivity index (χ0v) is 5.63. The van der Waals surface area contributed by atoms with Gasteiger partial charge in [0.15, 0.2) is 0 Å². The van der Waals surface area contributed by atoms with Crippen LogP contribution in [0.25, 0.3) is 0 Å². The molecule has 1 amide bonds. The number of amides is 1. The number of carbonyl (C=O) groups is 1. The van der Waals surface area contributed by atoms with Gasteiger partial charge in [0.05, 0.1) is 0 Å². The quantitative estimate of drug-likeness (QED) is 0.481. The molecule has 2 N–H and O–H groups in total. The Morgan fingerprint density at radius 3 is 2.89 bits per heavy atom. The molecule has 0 saturated carbocycles. The van der Waals surface area contributed by atoms with E-state index < -0.39 is 0 Å². The number of likely N-dealkylation sites (tertiary alicyclic amines) is 1. The van der Waals surface area contributed by atoms with E-state index in [9.17, 15) is 4.79 Å². The number of piperidine rings is 1. The number of hydrogen-bond donors (Lipinski definition) is 1. The van der Waals surface area contributed by atoms with Gasteiger partial charge in [0.2, 0.25) is 5.91 Å². The summed E-state index contributed by atoms with van der Waals surface area (Å²) < 4.78 is 0. The Hall–Kier alpha value is -0.570. The van der Waals surface area contributed by atoms with Crippen molar-refractivity contribution in [1.29, 1.82) is 0 Å². The highest BCUT2D eigenvalue weighted by atomic mass is 16.2. The summed E-state index contributed by atoms with van der Waals surface area (Å²) in [5.41, 5.74) is 5.54. The zero-order valence-electron chi connectivity index (χ0n) is 5.63. The SMILES string of the molecule is CN1CCC(N)CC1=O. The van der Waals surface area contributed by atoms with Crippen LogP contribution in [0.1, 0.15) is 12.8 Å². The van der Waals surface area contributed by atoms with Gasteiger partial charge in [-0.2, -0.15) is 0 Å². The third-order valence-electron chi connectivity index (χ3n) is 1.70. The Morgan fingerprint density at radius 2 is 2.44 bits per heavy atom. The van der Waals surface area contributed by atoms with Gasteiger partial charge in [0.1, 0.15) is 0 Å². The van der Waals surface area contributed by atoms with Crippen LogP contribution in [0.5, 0.6) is 0 Å². The molecule has 1 fully saturated rings. The molecule has 1 heterocycles. The first kappa shape index (κ1) is 6.55. The third kappa shape index (κ3) is 1.42. The van der Waals surface area contributed by atoms with E-state index in [-0.39, 0.29) is 11.9 Å². The van der Waals surface area contributed by atoms with Gasteiger partial charge in [-0.05, 0) is 6.42 Å². The lowest BCUT2D eigenvalue weighted by Gasteiger charge is -2.25. The molecule has 1 aliphatic rings. The summed E-state index contributed by atoms with van der Waals surface area (Å²) in [6, 6.07) is 0.105. The Morgan fingerprint density at radius 1 is 1.78 bits per heavy atom. The van der Waals surface area contributed by atoms with E-state index in [0.29, 0.717) is 6.42 Å². The van der Waals surface area contributed by atoms with E-state index in [1.165, 1.54) is 0 Å². The van der Waals surface area contributed by atoms with Crippen LogP contribution < -0.4 is 5.73 Å². The van der Waals surface area contributed by atoms with Crippen molar-refractivity contribution in [3.05, 3.63) is 0 Å². The normalized spacial score (nSPS) is 28.9. The Kier molecular flexibility index (Phi) is 1.71. The molecule has 0 aromatic rings. The summed E-state index contributed by atoms with van der Waals surface area (Å²) >= 11 is 0. The smallest absolute Gasteiger partial charge is 0.223 e. The van der Waals surface area contributed by atoms with Crippen molar-refractivity contribution in [3.63, 3.8) is 0 Å². The maximum absolute atomic E-state index is 10.9. The molecule has 9 heavy (non-hydrogen) atoms. The minimum absolute atomic E-state index is 0.105. The lowest BCUT2D eigenvalue weighted by molar-refractivity contribution is -0.132. The lowest BCUT2D eigenvalue weighted by Crippen LogP contribution is -2.41. The van der Waals surface area contributed by atoms with E-state index in [4.69, 9.17) is 5.73 Å². The fraction of sp³-hybridized carbons (Fsp3) is 0.833. The van der Waals surface area contributed by atoms with E-state index >= 15 is 0 Å². The fourth-order valence-corrected chi connectivity index (χ4v) is 0.966. The molecule has 0 radical (unpaired) electrons. The van der Waals surface area contributed by atoms with Gasteiger partial charge in [-0.25, -0.2) is 0 Å². The van der Waals surface area contributed by atoms with E-state index in [1.807, 2.05) is 7.05 Å². The molecule has 52 valence electrons. The second-order valence-corrected chi connectivity index (χ2v) is 2.57. The van der Waals surface area contributed by atoms with Crippen molar-refractivity contribution in [3.8, 4) is 0 Å². The van der Waals surface area contributed by atoms with Crippen molar-refractivity contribution in [1.82, 2.24) is 4.90 Å². The van der Waals surface area contributed by atoms with Gasteiger partial charge >= 0.3 is 0 Å². The number of carbonyl (C=O) groups excluding carboxylic acids is 1. The summed E-state index contributed by atoms with van der Waals surface area (Å²) in [5.74, 6) is 0.175. The predicted molar refractivity (Wildman–Crippen MR) is 34.8 cm³/mol. The molecule has 1 saturated heterocycles. The van der Waals surface area contributed by atoms with E-state index in [1.54, 1.807) is 4.90 Å². The molecule has 1 unspecified atom stereocenters. The zero-order chi connectivity index (χ0) is 6.85. The minimum atomic E-state index is 0.105. The van der Waals surface area contributed by atoms with Crippen LogP contribution in [-0.2, 0) is 4.79 Å². The molecule has 0 aliphatic carbocycles. The average Bonchev–Trinajstić information content (AvgIpc) is 1.80. The van der Waals surface area contributed by atoms with Crippen molar-refractivity contribution >= 4 is 5.91 Å². The average molecular weight is 128 g/mol. The van der Waals surface area contributed by atoms with Crippen LogP contribution in [0.15, 0.2) is 0 Å². The van der Waals surface area contributed by atoms with E-state index in [0.717, 1.165) is 13.0 Å². The van der Waals surface area contributed by atoms with Crippen molar-refractivity contribution < 1.29 is 4.79 Å². The summed E-state index contributed by atoms with van der Waals surface area (Å²) in [7, 11) is 1.81. The first-order chi connectivity index (χ1) is 4.20. The molecule has 0 spiro atoms. The molecule has 0 bridgehead atoms. The van der Waals surface area contributed by atoms with Crippen LogP contribution in [-0.4, -0.2) is 30.4 Å². The van der Waals surface area contributed by atoms with Gasteiger partial charge in [-0.3, -0.25) is 4.79 Å². The number of nitrogens with zero attached hydrogens (tertiary/aromatic N) is 1. The van der Waals surface area contributed by atoms with Crippen LogP contribution >= 0.6 is 0 Å². The summed E-state index contributed by atoms with van der Waals surface area (Å²) in [6.07, 6.45) is 1.47. The topological polar surface area (TPSA) is 46.3 Å². The van der Waals surface area contributed by atoms with Crippen molar-refractivity contribution in [2.24, 2.45) is 5.73 Å². The highest BCUT2D eigenvalue weighted by Crippen LogP contribution is 2.06. The maximum Gasteiger partial charge on any atom is 0.223 e. The van der Waals surface area contributed by atoms with Gasteiger partial charge in [0.25, 0.3) is 0 Å². The summed E-state index contributed by atoms with van der Waals surface area (Å²) in [6.45, 7) is 0.819. The summed E-state index contributed by atoms with van der Waals surface area (Å²) in [4.78, 5) is 12.6. The van der Waals surface area contributed by atoms with Crippen LogP contribution in [0, 0.1) is 0 Å². The number of hydrogen-bond acceptors (Lipinski definition) is 2. The van der Waals surface area contributed by atoms with E-state index in [2.05, 4.69) is 0 Å². The molecule has 0 aromatic carbocycles. The molecule has 1 atom stereocenters. The Labute approximate surface area is 54.8 Å². The van der Waals surface area contributed by atoms with Crippen molar-refractivity contribution in [2.45, 2.75) is 18.9 Å². The molecular weight excluding hydrogens is 116 g/mol. The van der Waals surface area contributed by atoms with Gasteiger partial charge in [-0.15, -0.1) is 0 Å². The molecule has 0 aromatic heterocycles. The maximum atomic E-state index is 10.9. The monoisotopic (exact) mass is 128 g/mol. The minimum Gasteiger partial charge on any atom is -0.346 e. The second kappa shape index (κ2) is 2.35. The molecular formula is C6H12N2O. The Balaban J connectivity index is 2.44. The number of rotatable bonds is 0. The fourth-order valence-electron chi connectivity index (χ4n) is 0.966. The molecule has 3 nitrogen and oxygen atoms in total. The first-order valence-corrected chi connectivity index (χ1v) is 3.19. The Bertz CT molecular complexity index is 124. The first-order valence-electron chi connectivity index (χ1n) is 3.19. The van der Waals surface area contributed by atoms with Crippen LogP contribution in [0.4, 0.5) is 0 Å². The van der Waals surface area contributed by atoms with Crippen LogP contribution in [0.3, 0.4) is 0 Å². The lowest BCUT2D eigenvalue weighted by atomic mass is 10.1. The van der Waals surface area contributed by atoms with Crippen LogP contribution in [0.2, 0.25) is 0 Å². The highest BCUT2D eigenvalue weighted by Gasteiger charge is 2.19. The highest BCUT2D eigenvalue weighted by molar-refractivity contribution is 5.77.